The van der Waals surface area contributed by atoms with Crippen LogP contribution < -0.4 is 4.18 Å². The minimum absolute atomic E-state index is 0.0772. The molecular weight excluding hydrogens is 299 g/mol. The summed E-state index contributed by atoms with van der Waals surface area (Å²) in [6.45, 7) is 0.578. The fourth-order valence-corrected chi connectivity index (χ4v) is 3.28. The zero-order valence-corrected chi connectivity index (χ0v) is 12.3. The first-order valence-corrected chi connectivity index (χ1v) is 8.30. The van der Waals surface area contributed by atoms with Gasteiger partial charge in [0.15, 0.2) is 6.29 Å². The van der Waals surface area contributed by atoms with Crippen LogP contribution in [0.5, 0.6) is 5.75 Å². The van der Waals surface area contributed by atoms with E-state index in [4.69, 9.17) is 9.47 Å². The van der Waals surface area contributed by atoms with Crippen LogP contribution in [-0.2, 0) is 20.0 Å². The van der Waals surface area contributed by atoms with Crippen molar-refractivity contribution < 1.29 is 26.0 Å². The highest BCUT2D eigenvalue weighted by Gasteiger charge is 2.42. The molecule has 1 unspecified atom stereocenters. The zero-order chi connectivity index (χ0) is 14.9. The lowest BCUT2D eigenvalue weighted by Gasteiger charge is -2.31. The normalized spacial score (nSPS) is 25.1. The summed E-state index contributed by atoms with van der Waals surface area (Å²) in [5.74, 6) is -0.0772. The summed E-state index contributed by atoms with van der Waals surface area (Å²) >= 11 is 0. The third kappa shape index (κ3) is 3.53. The summed E-state index contributed by atoms with van der Waals surface area (Å²) in [7, 11) is -4.99. The minimum atomic E-state index is -4.99. The molecule has 0 amide bonds. The van der Waals surface area contributed by atoms with Gasteiger partial charge < -0.3 is 13.7 Å². The van der Waals surface area contributed by atoms with Gasteiger partial charge in [0.05, 0.1) is 12.2 Å². The van der Waals surface area contributed by atoms with E-state index < -0.39 is 16.8 Å². The molecule has 3 rings (SSSR count). The molecule has 1 aromatic rings. The topological polar surface area (TPSA) is 61.8 Å². The van der Waals surface area contributed by atoms with Gasteiger partial charge in [0, 0.05) is 5.56 Å². The van der Waals surface area contributed by atoms with Crippen LogP contribution in [0.1, 0.15) is 44.0 Å². The Morgan fingerprint density at radius 1 is 1.14 bits per heavy atom. The van der Waals surface area contributed by atoms with Crippen LogP contribution in [0.2, 0.25) is 0 Å². The molecule has 1 aliphatic heterocycles. The van der Waals surface area contributed by atoms with Gasteiger partial charge in [-0.2, -0.15) is 8.42 Å². The highest BCUT2D eigenvalue weighted by atomic mass is 32.3. The fourth-order valence-electron chi connectivity index (χ4n) is 2.94. The second-order valence-corrected chi connectivity index (χ2v) is 6.50. The lowest BCUT2D eigenvalue weighted by molar-refractivity contribution is -0.103. The molecule has 1 spiro atoms. The lowest BCUT2D eigenvalue weighted by Crippen LogP contribution is -2.33. The van der Waals surface area contributed by atoms with Crippen molar-refractivity contribution in [3.8, 4) is 5.75 Å². The van der Waals surface area contributed by atoms with E-state index in [1.807, 2.05) is 0 Å². The number of ether oxygens (including phenoxy) is 2. The largest absolute Gasteiger partial charge is 0.488 e. The van der Waals surface area contributed by atoms with Crippen molar-refractivity contribution in [1.82, 2.24) is 0 Å². The van der Waals surface area contributed by atoms with E-state index in [2.05, 4.69) is 4.18 Å². The van der Waals surface area contributed by atoms with Crippen LogP contribution in [0, 0.1) is 0 Å². The molecule has 1 aromatic carbocycles. The van der Waals surface area contributed by atoms with Gasteiger partial charge in [-0.25, -0.2) is 0 Å². The zero-order valence-electron chi connectivity index (χ0n) is 11.5. The molecule has 0 radical (unpaired) electrons. The minimum Gasteiger partial charge on any atom is -0.358 e. The Morgan fingerprint density at radius 3 is 2.43 bits per heavy atom. The number of benzene rings is 1. The van der Waals surface area contributed by atoms with Gasteiger partial charge >= 0.3 is 10.5 Å². The predicted octanol–water partition coefficient (Wildman–Crippen LogP) is 3.03. The van der Waals surface area contributed by atoms with Crippen molar-refractivity contribution in [3.05, 3.63) is 29.8 Å². The first kappa shape index (κ1) is 14.7. The highest BCUT2D eigenvalue weighted by molar-refractivity contribution is 7.81. The van der Waals surface area contributed by atoms with Crippen molar-refractivity contribution in [2.24, 2.45) is 0 Å². The molecule has 0 aromatic heterocycles. The smallest absolute Gasteiger partial charge is 0.358 e. The van der Waals surface area contributed by atoms with Gasteiger partial charge in [0.2, 0.25) is 0 Å². The average Bonchev–Trinajstić information content (AvgIpc) is 2.82. The molecule has 0 bridgehead atoms. The summed E-state index contributed by atoms with van der Waals surface area (Å²) in [6.07, 6.45) is 5.09. The van der Waals surface area contributed by atoms with Crippen molar-refractivity contribution in [2.75, 3.05) is 6.61 Å². The van der Waals surface area contributed by atoms with Crippen LogP contribution in [0.25, 0.3) is 0 Å². The molecule has 1 saturated carbocycles. The molecule has 116 valence electrons. The molecule has 1 heterocycles. The van der Waals surface area contributed by atoms with Crippen LogP contribution in [0.3, 0.4) is 0 Å². The van der Waals surface area contributed by atoms with Gasteiger partial charge in [-0.15, -0.1) is 0 Å². The maximum atomic E-state index is 12.4. The lowest BCUT2D eigenvalue weighted by atomic mass is 9.85. The van der Waals surface area contributed by atoms with E-state index >= 15 is 0 Å². The molecule has 1 atom stereocenters. The maximum Gasteiger partial charge on any atom is 0.488 e. The Bertz CT molecular complexity index is 592. The van der Waals surface area contributed by atoms with Gasteiger partial charge in [-0.05, 0) is 25.0 Å². The van der Waals surface area contributed by atoms with Crippen molar-refractivity contribution in [1.29, 1.82) is 0 Å². The summed E-state index contributed by atoms with van der Waals surface area (Å²) in [5.41, 5.74) is 0.585. The molecule has 21 heavy (non-hydrogen) atoms. The summed E-state index contributed by atoms with van der Waals surface area (Å²) in [6, 6.07) is 6.00. The van der Waals surface area contributed by atoms with Crippen molar-refractivity contribution in [2.45, 2.75) is 44.0 Å². The molecule has 1 aliphatic carbocycles. The average molecular weight is 316 g/mol. The summed E-state index contributed by atoms with van der Waals surface area (Å²) < 4.78 is 49.2. The Balaban J connectivity index is 1.68. The standard InChI is InChI=1S/C14H17FO5S/c15-21(16,17)20-12-6-4-11(5-7-12)13-18-10-14(19-13)8-2-1-3-9-14/h4-7,13H,1-3,8-10H2. The van der Waals surface area contributed by atoms with E-state index in [9.17, 15) is 12.3 Å². The molecule has 2 aliphatic rings. The van der Waals surface area contributed by atoms with Crippen LogP contribution in [0.15, 0.2) is 24.3 Å². The Labute approximate surface area is 123 Å². The van der Waals surface area contributed by atoms with Gasteiger partial charge in [-0.3, -0.25) is 0 Å². The van der Waals surface area contributed by atoms with Gasteiger partial charge in [0.1, 0.15) is 5.75 Å². The molecule has 1 saturated heterocycles. The highest BCUT2D eigenvalue weighted by Crippen LogP contribution is 2.42. The van der Waals surface area contributed by atoms with E-state index in [1.54, 1.807) is 12.1 Å². The SMILES string of the molecule is O=S(=O)(F)Oc1ccc(C2OCC3(CCCCC3)O2)cc1. The first-order valence-electron chi connectivity index (χ1n) is 6.99. The second kappa shape index (κ2) is 5.55. The number of rotatable bonds is 3. The van der Waals surface area contributed by atoms with Crippen LogP contribution in [0.4, 0.5) is 3.89 Å². The molecule has 0 N–H and O–H groups in total. The third-order valence-electron chi connectivity index (χ3n) is 3.97. The van der Waals surface area contributed by atoms with E-state index in [-0.39, 0.29) is 11.4 Å². The monoisotopic (exact) mass is 316 g/mol. The quantitative estimate of drug-likeness (QED) is 0.802. The van der Waals surface area contributed by atoms with Crippen LogP contribution in [-0.4, -0.2) is 20.6 Å². The van der Waals surface area contributed by atoms with Crippen LogP contribution >= 0.6 is 0 Å². The third-order valence-corrected chi connectivity index (χ3v) is 4.36. The number of halogens is 1. The summed E-state index contributed by atoms with van der Waals surface area (Å²) in [5, 5.41) is 0. The number of hydrogen-bond donors (Lipinski definition) is 0. The van der Waals surface area contributed by atoms with Gasteiger partial charge in [-0.1, -0.05) is 35.3 Å². The van der Waals surface area contributed by atoms with Crippen molar-refractivity contribution >= 4 is 10.5 Å². The number of hydrogen-bond acceptors (Lipinski definition) is 5. The molecule has 7 heteroatoms. The maximum absolute atomic E-state index is 12.4. The predicted molar refractivity (Wildman–Crippen MR) is 72.7 cm³/mol. The second-order valence-electron chi connectivity index (χ2n) is 5.55. The molecule has 2 fully saturated rings. The van der Waals surface area contributed by atoms with Gasteiger partial charge in [0.25, 0.3) is 0 Å². The van der Waals surface area contributed by atoms with E-state index in [0.717, 1.165) is 31.2 Å². The Hall–Kier alpha value is -1.18. The molecular formula is C14H17FO5S. The van der Waals surface area contributed by atoms with Crippen molar-refractivity contribution in [3.63, 3.8) is 0 Å². The van der Waals surface area contributed by atoms with E-state index in [1.165, 1.54) is 18.6 Å². The Morgan fingerprint density at radius 2 is 1.81 bits per heavy atom. The molecule has 5 nitrogen and oxygen atoms in total. The van der Waals surface area contributed by atoms with E-state index in [0.29, 0.717) is 6.61 Å². The summed E-state index contributed by atoms with van der Waals surface area (Å²) in [4.78, 5) is 0. The Kier molecular flexibility index (Phi) is 3.90. The fraction of sp³-hybridized carbons (Fsp3) is 0.571. The first-order chi connectivity index (χ1) is 9.96.